The molecule has 0 aliphatic carbocycles. The highest BCUT2D eigenvalue weighted by Gasteiger charge is 2.16. The van der Waals surface area contributed by atoms with E-state index in [1.165, 1.54) is 24.8 Å². The third-order valence-corrected chi connectivity index (χ3v) is 5.76. The Hall–Kier alpha value is -3.21. The number of esters is 1. The second-order valence-corrected chi connectivity index (χ2v) is 8.61. The van der Waals surface area contributed by atoms with E-state index in [1.807, 2.05) is 36.7 Å². The lowest BCUT2D eigenvalue weighted by molar-refractivity contribution is -0.151. The molecule has 0 aliphatic rings. The lowest BCUT2D eigenvalue weighted by Gasteiger charge is -2.14. The molecule has 0 bridgehead atoms. The van der Waals surface area contributed by atoms with Crippen LogP contribution in [0.15, 0.2) is 60.9 Å². The summed E-state index contributed by atoms with van der Waals surface area (Å²) in [6, 6.07) is 16.1. The molecule has 0 N–H and O–H groups in total. The van der Waals surface area contributed by atoms with Crippen molar-refractivity contribution in [2.24, 2.45) is 0 Å². The lowest BCUT2D eigenvalue weighted by atomic mass is 10.0. The number of aromatic nitrogens is 2. The Morgan fingerprint density at radius 1 is 0.794 bits per heavy atom. The van der Waals surface area contributed by atoms with Gasteiger partial charge in [0.05, 0.1) is 6.61 Å². The molecule has 0 saturated heterocycles. The maximum atomic E-state index is 12.1. The number of benzene rings is 2. The number of ether oxygens (including phenoxy) is 2. The highest BCUT2D eigenvalue weighted by molar-refractivity contribution is 5.74. The van der Waals surface area contributed by atoms with Crippen molar-refractivity contribution in [1.82, 2.24) is 9.97 Å². The summed E-state index contributed by atoms with van der Waals surface area (Å²) >= 11 is 0. The minimum Gasteiger partial charge on any atom is -0.479 e. The molecule has 0 radical (unpaired) electrons. The molecule has 34 heavy (non-hydrogen) atoms. The molecule has 3 aromatic rings. The molecule has 2 aromatic carbocycles. The Balaban J connectivity index is 1.55. The number of aryl methyl sites for hydroxylation is 1. The Labute approximate surface area is 203 Å². The highest BCUT2D eigenvalue weighted by Crippen LogP contribution is 2.24. The van der Waals surface area contributed by atoms with E-state index >= 15 is 0 Å². The van der Waals surface area contributed by atoms with E-state index in [0.29, 0.717) is 12.4 Å². The van der Waals surface area contributed by atoms with Crippen molar-refractivity contribution >= 4 is 5.97 Å². The van der Waals surface area contributed by atoms with Crippen molar-refractivity contribution in [3.8, 4) is 28.3 Å². The van der Waals surface area contributed by atoms with Crippen LogP contribution in [0.4, 0.5) is 0 Å². The molecule has 1 unspecified atom stereocenters. The summed E-state index contributed by atoms with van der Waals surface area (Å²) in [6.45, 7) is 6.49. The monoisotopic (exact) mass is 460 g/mol. The first-order chi connectivity index (χ1) is 16.6. The lowest BCUT2D eigenvalue weighted by Crippen LogP contribution is -2.26. The van der Waals surface area contributed by atoms with Gasteiger partial charge in [-0.1, -0.05) is 75.9 Å². The van der Waals surface area contributed by atoms with Gasteiger partial charge >= 0.3 is 5.97 Å². The Morgan fingerprint density at radius 2 is 1.41 bits per heavy atom. The second-order valence-electron chi connectivity index (χ2n) is 8.61. The number of nitrogens with zero attached hydrogens (tertiary/aromatic N) is 2. The summed E-state index contributed by atoms with van der Waals surface area (Å²) in [5.41, 5.74) is 4.29. The molecule has 0 aliphatic heterocycles. The standard InChI is InChI=1S/C29H36N2O3/c1-4-6-8-10-23-11-13-25(14-12-23)28-30-20-26(21-31-28)24-15-17-27(18-16-24)34-22(3)29(32)33-19-9-7-5-2/h11-18,20-22H,4-10,19H2,1-3H3. The van der Waals surface area contributed by atoms with Crippen LogP contribution in [0.5, 0.6) is 5.75 Å². The molecule has 0 fully saturated rings. The van der Waals surface area contributed by atoms with Crippen molar-refractivity contribution in [3.05, 3.63) is 66.5 Å². The van der Waals surface area contributed by atoms with Crippen LogP contribution >= 0.6 is 0 Å². The summed E-state index contributed by atoms with van der Waals surface area (Å²) in [5, 5.41) is 0. The van der Waals surface area contributed by atoms with Gasteiger partial charge in [-0.15, -0.1) is 0 Å². The van der Waals surface area contributed by atoms with Gasteiger partial charge in [0, 0.05) is 23.5 Å². The quantitative estimate of drug-likeness (QED) is 0.202. The van der Waals surface area contributed by atoms with Gasteiger partial charge in [-0.25, -0.2) is 14.8 Å². The van der Waals surface area contributed by atoms with Crippen LogP contribution in [-0.4, -0.2) is 28.6 Å². The van der Waals surface area contributed by atoms with E-state index in [9.17, 15) is 4.79 Å². The van der Waals surface area contributed by atoms with Gasteiger partial charge in [-0.3, -0.25) is 0 Å². The van der Waals surface area contributed by atoms with E-state index in [0.717, 1.165) is 48.2 Å². The number of unbranched alkanes of at least 4 members (excludes halogenated alkanes) is 4. The predicted octanol–water partition coefficient (Wildman–Crippen LogP) is 7.04. The molecule has 0 saturated carbocycles. The first-order valence-electron chi connectivity index (χ1n) is 12.5. The Morgan fingerprint density at radius 3 is 2.06 bits per heavy atom. The zero-order valence-electron chi connectivity index (χ0n) is 20.6. The van der Waals surface area contributed by atoms with Crippen LogP contribution in [0, 0.1) is 0 Å². The molecular formula is C29H36N2O3. The van der Waals surface area contributed by atoms with Crippen LogP contribution in [0.3, 0.4) is 0 Å². The summed E-state index contributed by atoms with van der Waals surface area (Å²) in [7, 11) is 0. The van der Waals surface area contributed by atoms with E-state index in [-0.39, 0.29) is 5.97 Å². The average Bonchev–Trinajstić information content (AvgIpc) is 2.88. The van der Waals surface area contributed by atoms with Gasteiger partial charge in [-0.2, -0.15) is 0 Å². The topological polar surface area (TPSA) is 61.3 Å². The van der Waals surface area contributed by atoms with Gasteiger partial charge in [-0.05, 0) is 49.4 Å². The molecule has 5 heteroatoms. The van der Waals surface area contributed by atoms with Crippen LogP contribution in [-0.2, 0) is 16.0 Å². The zero-order chi connectivity index (χ0) is 24.2. The van der Waals surface area contributed by atoms with Crippen molar-refractivity contribution in [2.75, 3.05) is 6.61 Å². The fourth-order valence-corrected chi connectivity index (χ4v) is 3.65. The summed E-state index contributed by atoms with van der Waals surface area (Å²) < 4.78 is 11.0. The minimum atomic E-state index is -0.645. The fourth-order valence-electron chi connectivity index (χ4n) is 3.65. The molecule has 0 spiro atoms. The van der Waals surface area contributed by atoms with Gasteiger partial charge < -0.3 is 9.47 Å². The zero-order valence-corrected chi connectivity index (χ0v) is 20.6. The van der Waals surface area contributed by atoms with Gasteiger partial charge in [0.1, 0.15) is 5.75 Å². The van der Waals surface area contributed by atoms with Gasteiger partial charge in [0.25, 0.3) is 0 Å². The maximum Gasteiger partial charge on any atom is 0.347 e. The first kappa shape index (κ1) is 25.4. The number of carbonyl (C=O) groups is 1. The van der Waals surface area contributed by atoms with Crippen LogP contribution in [0.1, 0.15) is 64.9 Å². The number of carbonyl (C=O) groups excluding carboxylic acids is 1. The molecule has 0 amide bonds. The summed E-state index contributed by atoms with van der Waals surface area (Å²) in [5.74, 6) is 1.01. The number of hydrogen-bond donors (Lipinski definition) is 0. The van der Waals surface area contributed by atoms with E-state index in [4.69, 9.17) is 9.47 Å². The van der Waals surface area contributed by atoms with E-state index in [1.54, 1.807) is 6.92 Å². The average molecular weight is 461 g/mol. The Bertz CT molecular complexity index is 999. The van der Waals surface area contributed by atoms with Crippen molar-refractivity contribution in [2.45, 2.75) is 71.8 Å². The molecule has 5 nitrogen and oxygen atoms in total. The molecular weight excluding hydrogens is 424 g/mol. The van der Waals surface area contributed by atoms with Crippen LogP contribution in [0.25, 0.3) is 22.5 Å². The van der Waals surface area contributed by atoms with Gasteiger partial charge in [0.2, 0.25) is 0 Å². The van der Waals surface area contributed by atoms with Crippen LogP contribution < -0.4 is 4.74 Å². The SMILES string of the molecule is CCCCCOC(=O)C(C)Oc1ccc(-c2cnc(-c3ccc(CCCCC)cc3)nc2)cc1. The second kappa shape index (κ2) is 13.5. The highest BCUT2D eigenvalue weighted by atomic mass is 16.6. The molecule has 180 valence electrons. The Kier molecular flexibility index (Phi) is 10.1. The van der Waals surface area contributed by atoms with E-state index in [2.05, 4.69) is 48.1 Å². The normalized spacial score (nSPS) is 11.7. The van der Waals surface area contributed by atoms with E-state index < -0.39 is 6.10 Å². The summed E-state index contributed by atoms with van der Waals surface area (Å²) in [6.07, 6.45) is 10.9. The van der Waals surface area contributed by atoms with Crippen molar-refractivity contribution in [3.63, 3.8) is 0 Å². The minimum absolute atomic E-state index is 0.335. The van der Waals surface area contributed by atoms with Crippen LogP contribution in [0.2, 0.25) is 0 Å². The number of hydrogen-bond acceptors (Lipinski definition) is 5. The predicted molar refractivity (Wildman–Crippen MR) is 137 cm³/mol. The third-order valence-electron chi connectivity index (χ3n) is 5.76. The fraction of sp³-hybridized carbons (Fsp3) is 0.414. The molecule has 1 aromatic heterocycles. The first-order valence-corrected chi connectivity index (χ1v) is 12.5. The molecule has 3 rings (SSSR count). The third kappa shape index (κ3) is 7.68. The largest absolute Gasteiger partial charge is 0.479 e. The van der Waals surface area contributed by atoms with Gasteiger partial charge in [0.15, 0.2) is 11.9 Å². The molecule has 1 heterocycles. The number of rotatable bonds is 13. The summed E-state index contributed by atoms with van der Waals surface area (Å²) in [4.78, 5) is 21.2. The van der Waals surface area contributed by atoms with Crippen molar-refractivity contribution in [1.29, 1.82) is 0 Å². The maximum absolute atomic E-state index is 12.1. The van der Waals surface area contributed by atoms with Crippen molar-refractivity contribution < 1.29 is 14.3 Å². The smallest absolute Gasteiger partial charge is 0.347 e. The molecule has 1 atom stereocenters.